The molecule has 1 atom stereocenters. The van der Waals surface area contributed by atoms with Crippen molar-refractivity contribution in [1.82, 2.24) is 4.90 Å². The number of carbonyl (C=O) groups excluding carboxylic acids is 2. The maximum Gasteiger partial charge on any atom is 0.222 e. The molecule has 103 valence electrons. The van der Waals surface area contributed by atoms with E-state index in [9.17, 15) is 9.59 Å². The van der Waals surface area contributed by atoms with Crippen LogP contribution in [0.2, 0.25) is 0 Å². The third-order valence-electron chi connectivity index (χ3n) is 3.59. The summed E-state index contributed by atoms with van der Waals surface area (Å²) in [7, 11) is 0. The van der Waals surface area contributed by atoms with E-state index in [2.05, 4.69) is 0 Å². The van der Waals surface area contributed by atoms with Gasteiger partial charge in [0.15, 0.2) is 5.78 Å². The van der Waals surface area contributed by atoms with Gasteiger partial charge in [0.2, 0.25) is 5.91 Å². The molecule has 2 rings (SSSR count). The van der Waals surface area contributed by atoms with Gasteiger partial charge in [0, 0.05) is 31.5 Å². The Morgan fingerprint density at radius 2 is 1.56 bits per heavy atom. The number of Topliss-reactive ketones (excluding diaryl/α,β-unsaturated/α-hetero) is 1. The fraction of sp³-hybridized carbons (Fsp3) is 0.857. The molecule has 0 unspecified atom stereocenters. The molecule has 2 fully saturated rings. The summed E-state index contributed by atoms with van der Waals surface area (Å²) in [6, 6.07) is -0.127. The topological polar surface area (TPSA) is 37.4 Å². The molecule has 4 heteroatoms. The molecule has 1 amide bonds. The minimum atomic E-state index is -0.127. The first-order valence-electron chi connectivity index (χ1n) is 6.96. The number of likely N-dealkylation sites (tertiary alicyclic amines) is 1. The molecule has 0 aromatic rings. The fourth-order valence-electron chi connectivity index (χ4n) is 2.57. The first kappa shape index (κ1) is 17.7. The zero-order valence-electron chi connectivity index (χ0n) is 11.7. The van der Waals surface area contributed by atoms with Crippen LogP contribution in [0.5, 0.6) is 0 Å². The fourth-order valence-corrected chi connectivity index (χ4v) is 2.57. The Bertz CT molecular complexity index is 257. The number of ketones is 1. The summed E-state index contributed by atoms with van der Waals surface area (Å²) < 4.78 is 0. The molecule has 1 saturated carbocycles. The quantitative estimate of drug-likeness (QED) is 0.784. The summed E-state index contributed by atoms with van der Waals surface area (Å²) in [5.41, 5.74) is 0. The molecule has 3 nitrogen and oxygen atoms in total. The second-order valence-corrected chi connectivity index (χ2v) is 4.98. The Labute approximate surface area is 123 Å². The molecular formula is C14H25NO2V. The Morgan fingerprint density at radius 1 is 1.06 bits per heavy atom. The minimum absolute atomic E-state index is 0. The minimum Gasteiger partial charge on any atom is -0.333 e. The standard InChI is InChI=1S/C9H15NO2.C5H10.V/c1-3-9(12)10-6-4-5-8(10)7(2)11;1-2-4-5-3-1;/h8H,3-6H2,1-2H3;1-5H2;/t8-;;/m0../s1. The van der Waals surface area contributed by atoms with Crippen LogP contribution < -0.4 is 0 Å². The summed E-state index contributed by atoms with van der Waals surface area (Å²) in [5.74, 6) is 0.224. The molecule has 0 aromatic carbocycles. The molecule has 0 aromatic heterocycles. The average Bonchev–Trinajstić information content (AvgIpc) is 3.00. The largest absolute Gasteiger partial charge is 0.333 e. The maximum absolute atomic E-state index is 11.3. The summed E-state index contributed by atoms with van der Waals surface area (Å²) in [6.45, 7) is 4.15. The predicted molar refractivity (Wildman–Crippen MR) is 68.8 cm³/mol. The number of hydrogen-bond donors (Lipinski definition) is 0. The van der Waals surface area contributed by atoms with Gasteiger partial charge in [0.1, 0.15) is 0 Å². The summed E-state index contributed by atoms with van der Waals surface area (Å²) in [5, 5.41) is 0. The van der Waals surface area contributed by atoms with E-state index in [4.69, 9.17) is 0 Å². The van der Waals surface area contributed by atoms with E-state index >= 15 is 0 Å². The van der Waals surface area contributed by atoms with Crippen molar-refractivity contribution in [2.45, 2.75) is 71.3 Å². The van der Waals surface area contributed by atoms with Gasteiger partial charge in [-0.15, -0.1) is 0 Å². The van der Waals surface area contributed by atoms with Gasteiger partial charge < -0.3 is 4.90 Å². The second-order valence-electron chi connectivity index (χ2n) is 4.98. The van der Waals surface area contributed by atoms with Crippen LogP contribution in [-0.4, -0.2) is 29.2 Å². The van der Waals surface area contributed by atoms with E-state index in [0.29, 0.717) is 6.42 Å². The molecule has 0 spiro atoms. The van der Waals surface area contributed by atoms with Crippen LogP contribution in [0.3, 0.4) is 0 Å². The molecule has 1 aliphatic carbocycles. The van der Waals surface area contributed by atoms with Crippen LogP contribution in [0.25, 0.3) is 0 Å². The van der Waals surface area contributed by atoms with Crippen LogP contribution in [-0.2, 0) is 28.1 Å². The number of rotatable bonds is 2. The number of amides is 1. The number of nitrogens with zero attached hydrogens (tertiary/aromatic N) is 1. The first-order chi connectivity index (χ1) is 8.16. The molecule has 2 aliphatic rings. The smallest absolute Gasteiger partial charge is 0.222 e. The molecule has 0 N–H and O–H groups in total. The number of hydrogen-bond acceptors (Lipinski definition) is 2. The van der Waals surface area contributed by atoms with E-state index < -0.39 is 0 Å². The third kappa shape index (κ3) is 5.58. The average molecular weight is 290 g/mol. The van der Waals surface area contributed by atoms with Crippen molar-refractivity contribution in [2.24, 2.45) is 0 Å². The van der Waals surface area contributed by atoms with E-state index in [0.717, 1.165) is 19.4 Å². The van der Waals surface area contributed by atoms with Gasteiger partial charge in [-0.1, -0.05) is 39.0 Å². The van der Waals surface area contributed by atoms with Crippen LogP contribution in [0, 0.1) is 0 Å². The van der Waals surface area contributed by atoms with Crippen molar-refractivity contribution in [1.29, 1.82) is 0 Å². The first-order valence-corrected chi connectivity index (χ1v) is 6.96. The summed E-state index contributed by atoms with van der Waals surface area (Å²) in [4.78, 5) is 24.1. The van der Waals surface area contributed by atoms with Crippen molar-refractivity contribution in [3.63, 3.8) is 0 Å². The van der Waals surface area contributed by atoms with Crippen molar-refractivity contribution in [2.75, 3.05) is 6.54 Å². The Balaban J connectivity index is 0.000000405. The van der Waals surface area contributed by atoms with Crippen LogP contribution >= 0.6 is 0 Å². The van der Waals surface area contributed by atoms with Crippen molar-refractivity contribution >= 4 is 11.7 Å². The predicted octanol–water partition coefficient (Wildman–Crippen LogP) is 2.92. The van der Waals surface area contributed by atoms with Crippen molar-refractivity contribution < 1.29 is 28.1 Å². The van der Waals surface area contributed by atoms with Crippen LogP contribution in [0.4, 0.5) is 0 Å². The van der Waals surface area contributed by atoms with Crippen molar-refractivity contribution in [3.8, 4) is 0 Å². The molecule has 1 heterocycles. The third-order valence-corrected chi connectivity index (χ3v) is 3.59. The van der Waals surface area contributed by atoms with Gasteiger partial charge in [-0.3, -0.25) is 9.59 Å². The number of carbonyl (C=O) groups is 2. The summed E-state index contributed by atoms with van der Waals surface area (Å²) in [6.07, 6.45) is 9.82. The van der Waals surface area contributed by atoms with E-state index in [1.807, 2.05) is 6.92 Å². The van der Waals surface area contributed by atoms with E-state index in [-0.39, 0.29) is 36.3 Å². The Kier molecular flexibility index (Phi) is 9.48. The summed E-state index contributed by atoms with van der Waals surface area (Å²) >= 11 is 0. The zero-order chi connectivity index (χ0) is 12.7. The molecule has 1 aliphatic heterocycles. The van der Waals surface area contributed by atoms with Gasteiger partial charge in [-0.2, -0.15) is 0 Å². The Hall–Kier alpha value is -0.276. The SMILES string of the molecule is C1CCCC1.CCC(=O)N1CCC[C@H]1C(C)=O.[V]. The molecule has 1 saturated heterocycles. The Morgan fingerprint density at radius 3 is 1.94 bits per heavy atom. The van der Waals surface area contributed by atoms with Gasteiger partial charge in [0.05, 0.1) is 6.04 Å². The van der Waals surface area contributed by atoms with Gasteiger partial charge in [0.25, 0.3) is 0 Å². The molecule has 18 heavy (non-hydrogen) atoms. The van der Waals surface area contributed by atoms with Crippen LogP contribution in [0.1, 0.15) is 65.2 Å². The zero-order valence-corrected chi connectivity index (χ0v) is 13.0. The molecule has 0 bridgehead atoms. The van der Waals surface area contributed by atoms with Gasteiger partial charge in [-0.05, 0) is 19.8 Å². The monoisotopic (exact) mass is 290 g/mol. The van der Waals surface area contributed by atoms with E-state index in [1.165, 1.54) is 32.1 Å². The van der Waals surface area contributed by atoms with Crippen LogP contribution in [0.15, 0.2) is 0 Å². The molecule has 1 radical (unpaired) electrons. The molecular weight excluding hydrogens is 265 g/mol. The van der Waals surface area contributed by atoms with Crippen molar-refractivity contribution in [3.05, 3.63) is 0 Å². The van der Waals surface area contributed by atoms with E-state index in [1.54, 1.807) is 11.8 Å². The van der Waals surface area contributed by atoms with Gasteiger partial charge >= 0.3 is 0 Å². The normalized spacial score (nSPS) is 21.9. The van der Waals surface area contributed by atoms with Gasteiger partial charge in [-0.25, -0.2) is 0 Å². The maximum atomic E-state index is 11.3. The second kappa shape index (κ2) is 9.63.